The van der Waals surface area contributed by atoms with Crippen LogP contribution in [-0.4, -0.2) is 37.7 Å². The van der Waals surface area contributed by atoms with Crippen molar-refractivity contribution in [2.24, 2.45) is 5.92 Å². The third kappa shape index (κ3) is 5.51. The van der Waals surface area contributed by atoms with E-state index in [1.54, 1.807) is 0 Å². The quantitative estimate of drug-likeness (QED) is 0.750. The minimum Gasteiger partial charge on any atom is -0.492 e. The number of nitrogens with one attached hydrogen (secondary N) is 1. The zero-order valence-electron chi connectivity index (χ0n) is 13.1. The number of para-hydroxylation sites is 1. The normalized spacial score (nSPS) is 15.1. The van der Waals surface area contributed by atoms with Crippen LogP contribution in [0.2, 0.25) is 0 Å². The minimum absolute atomic E-state index is 0.704. The van der Waals surface area contributed by atoms with E-state index in [4.69, 9.17) is 4.74 Å². The van der Waals surface area contributed by atoms with Gasteiger partial charge in [-0.3, -0.25) is 0 Å². The molecule has 1 aliphatic rings. The molecule has 1 aromatic rings. The molecule has 2 rings (SSSR count). The monoisotopic (exact) mass is 276 g/mol. The zero-order valence-corrected chi connectivity index (χ0v) is 13.1. The smallest absolute Gasteiger partial charge is 0.123 e. The molecule has 3 nitrogen and oxygen atoms in total. The topological polar surface area (TPSA) is 24.5 Å². The molecule has 0 heterocycles. The molecule has 1 saturated carbocycles. The van der Waals surface area contributed by atoms with Gasteiger partial charge in [0.25, 0.3) is 0 Å². The van der Waals surface area contributed by atoms with Crippen molar-refractivity contribution < 1.29 is 4.74 Å². The lowest BCUT2D eigenvalue weighted by molar-refractivity contribution is 0.221. The van der Waals surface area contributed by atoms with Crippen molar-refractivity contribution >= 4 is 0 Å². The molecule has 0 aliphatic heterocycles. The largest absolute Gasteiger partial charge is 0.492 e. The van der Waals surface area contributed by atoms with Crippen molar-refractivity contribution in [3.8, 4) is 5.75 Å². The van der Waals surface area contributed by atoms with Crippen LogP contribution in [0.4, 0.5) is 0 Å². The molecule has 0 atom stereocenters. The molecule has 0 amide bonds. The maximum Gasteiger partial charge on any atom is 0.123 e. The summed E-state index contributed by atoms with van der Waals surface area (Å²) in [5, 5.41) is 3.55. The Balaban J connectivity index is 1.76. The second kappa shape index (κ2) is 7.65. The first-order chi connectivity index (χ1) is 9.65. The van der Waals surface area contributed by atoms with Gasteiger partial charge < -0.3 is 15.0 Å². The van der Waals surface area contributed by atoms with E-state index in [9.17, 15) is 0 Å². The minimum atomic E-state index is 0.704. The van der Waals surface area contributed by atoms with Crippen LogP contribution in [0, 0.1) is 5.92 Å². The number of ether oxygens (including phenoxy) is 1. The molecular weight excluding hydrogens is 248 g/mol. The summed E-state index contributed by atoms with van der Waals surface area (Å²) in [6, 6.07) is 9.10. The molecular formula is C17H28N2O. The van der Waals surface area contributed by atoms with E-state index >= 15 is 0 Å². The molecule has 1 aromatic carbocycles. The maximum absolute atomic E-state index is 5.96. The predicted molar refractivity (Wildman–Crippen MR) is 84.1 cm³/mol. The standard InChI is InChI=1S/C17H28N2O/c1-14(2)13-19(3)10-11-20-17-7-5-4-6-15(17)12-18-16-8-9-16/h4-7,14,16,18H,8-13H2,1-3H3. The summed E-state index contributed by atoms with van der Waals surface area (Å²) in [5.41, 5.74) is 1.27. The lowest BCUT2D eigenvalue weighted by Crippen LogP contribution is -2.28. The van der Waals surface area contributed by atoms with E-state index in [0.29, 0.717) is 5.92 Å². The Kier molecular flexibility index (Phi) is 5.86. The van der Waals surface area contributed by atoms with Crippen molar-refractivity contribution in [1.82, 2.24) is 10.2 Å². The third-order valence-corrected chi connectivity index (χ3v) is 3.54. The fourth-order valence-corrected chi connectivity index (χ4v) is 2.36. The summed E-state index contributed by atoms with van der Waals surface area (Å²) in [4.78, 5) is 2.33. The fourth-order valence-electron chi connectivity index (χ4n) is 2.36. The van der Waals surface area contributed by atoms with E-state index in [1.807, 2.05) is 6.07 Å². The fraction of sp³-hybridized carbons (Fsp3) is 0.647. The highest BCUT2D eigenvalue weighted by Crippen LogP contribution is 2.22. The first-order valence-corrected chi connectivity index (χ1v) is 7.78. The number of rotatable bonds is 9. The Labute approximate surface area is 123 Å². The Bertz CT molecular complexity index is 402. The summed E-state index contributed by atoms with van der Waals surface area (Å²) in [6.07, 6.45) is 2.64. The van der Waals surface area contributed by atoms with Gasteiger partial charge in [0, 0.05) is 31.2 Å². The van der Waals surface area contributed by atoms with Gasteiger partial charge in [0.05, 0.1) is 0 Å². The molecule has 3 heteroatoms. The molecule has 0 saturated heterocycles. The Morgan fingerprint density at radius 3 is 2.75 bits per heavy atom. The van der Waals surface area contributed by atoms with Gasteiger partial charge in [-0.2, -0.15) is 0 Å². The van der Waals surface area contributed by atoms with E-state index < -0.39 is 0 Å². The van der Waals surface area contributed by atoms with Crippen LogP contribution in [0.25, 0.3) is 0 Å². The van der Waals surface area contributed by atoms with Gasteiger partial charge in [0.1, 0.15) is 12.4 Å². The predicted octanol–water partition coefficient (Wildman–Crippen LogP) is 2.91. The molecule has 0 spiro atoms. The van der Waals surface area contributed by atoms with Crippen molar-refractivity contribution in [2.45, 2.75) is 39.3 Å². The summed E-state index contributed by atoms with van der Waals surface area (Å²) in [7, 11) is 2.16. The van der Waals surface area contributed by atoms with Gasteiger partial charge in [-0.25, -0.2) is 0 Å². The summed E-state index contributed by atoms with van der Waals surface area (Å²) in [6.45, 7) is 8.26. The third-order valence-electron chi connectivity index (χ3n) is 3.54. The number of likely N-dealkylation sites (N-methyl/N-ethyl adjacent to an activating group) is 1. The molecule has 1 fully saturated rings. The van der Waals surface area contributed by atoms with Crippen LogP contribution in [0.15, 0.2) is 24.3 Å². The van der Waals surface area contributed by atoms with E-state index in [2.05, 4.69) is 49.3 Å². The number of nitrogens with zero attached hydrogens (tertiary/aromatic N) is 1. The van der Waals surface area contributed by atoms with Gasteiger partial charge in [0.2, 0.25) is 0 Å². The Hall–Kier alpha value is -1.06. The molecule has 1 N–H and O–H groups in total. The van der Waals surface area contributed by atoms with Gasteiger partial charge >= 0.3 is 0 Å². The van der Waals surface area contributed by atoms with E-state index in [0.717, 1.165) is 38.0 Å². The van der Waals surface area contributed by atoms with Crippen LogP contribution >= 0.6 is 0 Å². The number of hydrogen-bond donors (Lipinski definition) is 1. The lowest BCUT2D eigenvalue weighted by Gasteiger charge is -2.19. The molecule has 112 valence electrons. The zero-order chi connectivity index (χ0) is 14.4. The number of benzene rings is 1. The van der Waals surface area contributed by atoms with Crippen molar-refractivity contribution in [3.63, 3.8) is 0 Å². The average molecular weight is 276 g/mol. The Morgan fingerprint density at radius 2 is 2.05 bits per heavy atom. The molecule has 1 aliphatic carbocycles. The van der Waals surface area contributed by atoms with E-state index in [-0.39, 0.29) is 0 Å². The first-order valence-electron chi connectivity index (χ1n) is 7.78. The van der Waals surface area contributed by atoms with Crippen LogP contribution in [0.3, 0.4) is 0 Å². The van der Waals surface area contributed by atoms with Gasteiger partial charge in [-0.05, 0) is 31.9 Å². The summed E-state index contributed by atoms with van der Waals surface area (Å²) >= 11 is 0. The van der Waals surface area contributed by atoms with Crippen LogP contribution in [0.5, 0.6) is 5.75 Å². The summed E-state index contributed by atoms with van der Waals surface area (Å²) < 4.78 is 5.96. The molecule has 0 radical (unpaired) electrons. The van der Waals surface area contributed by atoms with Gasteiger partial charge in [0.15, 0.2) is 0 Å². The average Bonchev–Trinajstić information content (AvgIpc) is 3.21. The van der Waals surface area contributed by atoms with Crippen LogP contribution in [-0.2, 0) is 6.54 Å². The second-order valence-electron chi connectivity index (χ2n) is 6.27. The van der Waals surface area contributed by atoms with Gasteiger partial charge in [-0.15, -0.1) is 0 Å². The molecule has 0 unspecified atom stereocenters. The van der Waals surface area contributed by atoms with E-state index in [1.165, 1.54) is 18.4 Å². The van der Waals surface area contributed by atoms with Crippen molar-refractivity contribution in [1.29, 1.82) is 0 Å². The van der Waals surface area contributed by atoms with Crippen molar-refractivity contribution in [2.75, 3.05) is 26.7 Å². The second-order valence-corrected chi connectivity index (χ2v) is 6.27. The van der Waals surface area contributed by atoms with Crippen LogP contribution in [0.1, 0.15) is 32.3 Å². The molecule has 0 aromatic heterocycles. The summed E-state index contributed by atoms with van der Waals surface area (Å²) in [5.74, 6) is 1.73. The molecule has 0 bridgehead atoms. The highest BCUT2D eigenvalue weighted by molar-refractivity contribution is 5.33. The van der Waals surface area contributed by atoms with Crippen molar-refractivity contribution in [3.05, 3.63) is 29.8 Å². The lowest BCUT2D eigenvalue weighted by atomic mass is 10.2. The first kappa shape index (κ1) is 15.3. The van der Waals surface area contributed by atoms with Gasteiger partial charge in [-0.1, -0.05) is 32.0 Å². The van der Waals surface area contributed by atoms with Crippen LogP contribution < -0.4 is 10.1 Å². The molecule has 20 heavy (non-hydrogen) atoms. The maximum atomic E-state index is 5.96. The number of hydrogen-bond acceptors (Lipinski definition) is 3. The highest BCUT2D eigenvalue weighted by Gasteiger charge is 2.20. The SMILES string of the molecule is CC(C)CN(C)CCOc1ccccc1CNC1CC1. The highest BCUT2D eigenvalue weighted by atomic mass is 16.5. The Morgan fingerprint density at radius 1 is 1.30 bits per heavy atom.